The zero-order chi connectivity index (χ0) is 11.0. The highest BCUT2D eigenvalue weighted by Gasteiger charge is 2.43. The van der Waals surface area contributed by atoms with Crippen LogP contribution in [0.5, 0.6) is 0 Å². The SMILES string of the molecule is CCn1nnc([C@H]2O[C@@H](C)C(O)C2O)n1. The second kappa shape index (κ2) is 3.84. The van der Waals surface area contributed by atoms with Gasteiger partial charge in [0.05, 0.1) is 12.6 Å². The quantitative estimate of drug-likeness (QED) is 0.647. The first-order chi connectivity index (χ1) is 7.13. The normalized spacial score (nSPS) is 36.0. The molecule has 7 heteroatoms. The number of tetrazole rings is 1. The summed E-state index contributed by atoms with van der Waals surface area (Å²) >= 11 is 0. The van der Waals surface area contributed by atoms with Gasteiger partial charge in [-0.3, -0.25) is 0 Å². The van der Waals surface area contributed by atoms with Crippen molar-refractivity contribution in [2.75, 3.05) is 0 Å². The van der Waals surface area contributed by atoms with Gasteiger partial charge in [0.15, 0.2) is 0 Å². The predicted octanol–water partition coefficient (Wildman–Crippen LogP) is -1.13. The second-order valence-corrected chi connectivity index (χ2v) is 3.58. The molecule has 2 rings (SSSR count). The highest BCUT2D eigenvalue weighted by molar-refractivity contribution is 4.98. The molecule has 1 aromatic rings. The van der Waals surface area contributed by atoms with Crippen LogP contribution in [0.1, 0.15) is 25.8 Å². The van der Waals surface area contributed by atoms with Crippen molar-refractivity contribution >= 4 is 0 Å². The van der Waals surface area contributed by atoms with E-state index in [1.165, 1.54) is 4.80 Å². The highest BCUT2D eigenvalue weighted by Crippen LogP contribution is 2.30. The van der Waals surface area contributed by atoms with E-state index in [2.05, 4.69) is 15.4 Å². The molecule has 1 saturated heterocycles. The molecule has 0 amide bonds. The Morgan fingerprint density at radius 1 is 1.40 bits per heavy atom. The van der Waals surface area contributed by atoms with Crippen LogP contribution in [-0.4, -0.2) is 48.7 Å². The van der Waals surface area contributed by atoms with E-state index in [1.54, 1.807) is 6.92 Å². The summed E-state index contributed by atoms with van der Waals surface area (Å²) in [7, 11) is 0. The van der Waals surface area contributed by atoms with Gasteiger partial charge in [0.25, 0.3) is 0 Å². The van der Waals surface area contributed by atoms with Gasteiger partial charge in [0, 0.05) is 0 Å². The highest BCUT2D eigenvalue weighted by atomic mass is 16.5. The Balaban J connectivity index is 2.17. The molecular weight excluding hydrogens is 200 g/mol. The Morgan fingerprint density at radius 3 is 2.60 bits per heavy atom. The predicted molar refractivity (Wildman–Crippen MR) is 48.8 cm³/mol. The van der Waals surface area contributed by atoms with Crippen molar-refractivity contribution in [2.24, 2.45) is 0 Å². The number of ether oxygens (including phenoxy) is 1. The number of aliphatic hydroxyl groups is 2. The van der Waals surface area contributed by atoms with Crippen molar-refractivity contribution in [3.8, 4) is 0 Å². The summed E-state index contributed by atoms with van der Waals surface area (Å²) in [5.74, 6) is 0.313. The lowest BCUT2D eigenvalue weighted by atomic mass is 10.1. The molecule has 2 heterocycles. The van der Waals surface area contributed by atoms with Crippen molar-refractivity contribution in [1.82, 2.24) is 20.2 Å². The first-order valence-corrected chi connectivity index (χ1v) is 4.92. The fourth-order valence-corrected chi connectivity index (χ4v) is 1.57. The van der Waals surface area contributed by atoms with Crippen molar-refractivity contribution < 1.29 is 14.9 Å². The Hall–Kier alpha value is -1.05. The van der Waals surface area contributed by atoms with Crippen LogP contribution in [0.2, 0.25) is 0 Å². The van der Waals surface area contributed by atoms with Crippen LogP contribution < -0.4 is 0 Å². The molecule has 1 aromatic heterocycles. The van der Waals surface area contributed by atoms with Crippen LogP contribution in [0.15, 0.2) is 0 Å². The summed E-state index contributed by atoms with van der Waals surface area (Å²) in [6, 6.07) is 0. The maximum Gasteiger partial charge on any atom is 0.206 e. The Morgan fingerprint density at radius 2 is 2.13 bits per heavy atom. The molecule has 4 atom stereocenters. The van der Waals surface area contributed by atoms with E-state index < -0.39 is 24.4 Å². The first kappa shape index (κ1) is 10.5. The zero-order valence-corrected chi connectivity index (χ0v) is 8.61. The van der Waals surface area contributed by atoms with Crippen molar-refractivity contribution in [3.63, 3.8) is 0 Å². The molecule has 1 aliphatic rings. The van der Waals surface area contributed by atoms with Crippen molar-refractivity contribution in [1.29, 1.82) is 0 Å². The number of aryl methyl sites for hydroxylation is 1. The smallest absolute Gasteiger partial charge is 0.206 e. The second-order valence-electron chi connectivity index (χ2n) is 3.58. The lowest BCUT2D eigenvalue weighted by Crippen LogP contribution is -2.29. The third-order valence-electron chi connectivity index (χ3n) is 2.51. The van der Waals surface area contributed by atoms with E-state index in [0.717, 1.165) is 0 Å². The van der Waals surface area contributed by atoms with Crippen LogP contribution in [0.4, 0.5) is 0 Å². The van der Waals surface area contributed by atoms with E-state index >= 15 is 0 Å². The van der Waals surface area contributed by atoms with Gasteiger partial charge in [0.2, 0.25) is 5.82 Å². The largest absolute Gasteiger partial charge is 0.388 e. The lowest BCUT2D eigenvalue weighted by molar-refractivity contribution is 0.00946. The summed E-state index contributed by atoms with van der Waals surface area (Å²) in [6.07, 6.45) is -2.99. The van der Waals surface area contributed by atoms with E-state index in [9.17, 15) is 10.2 Å². The van der Waals surface area contributed by atoms with Crippen LogP contribution in [0.3, 0.4) is 0 Å². The van der Waals surface area contributed by atoms with Gasteiger partial charge in [-0.25, -0.2) is 0 Å². The molecule has 7 nitrogen and oxygen atoms in total. The average molecular weight is 214 g/mol. The first-order valence-electron chi connectivity index (χ1n) is 4.92. The molecule has 0 bridgehead atoms. The Labute approximate surface area is 86.7 Å². The minimum absolute atomic E-state index is 0.313. The minimum atomic E-state index is -0.991. The molecule has 2 unspecified atom stereocenters. The van der Waals surface area contributed by atoms with Crippen LogP contribution in [0, 0.1) is 0 Å². The summed E-state index contributed by atoms with van der Waals surface area (Å²) < 4.78 is 5.35. The molecule has 84 valence electrons. The number of nitrogens with zero attached hydrogens (tertiary/aromatic N) is 4. The molecule has 0 spiro atoms. The molecule has 1 aliphatic heterocycles. The molecule has 0 aliphatic carbocycles. The Kier molecular flexibility index (Phi) is 2.68. The van der Waals surface area contributed by atoms with E-state index in [1.807, 2.05) is 6.92 Å². The molecule has 0 radical (unpaired) electrons. The lowest BCUT2D eigenvalue weighted by Gasteiger charge is -2.09. The number of rotatable bonds is 2. The summed E-state index contributed by atoms with van der Waals surface area (Å²) in [5.41, 5.74) is 0. The molecule has 15 heavy (non-hydrogen) atoms. The van der Waals surface area contributed by atoms with Gasteiger partial charge in [-0.1, -0.05) is 0 Å². The van der Waals surface area contributed by atoms with E-state index in [4.69, 9.17) is 4.74 Å². The summed E-state index contributed by atoms with van der Waals surface area (Å²) in [4.78, 5) is 1.40. The average Bonchev–Trinajstić information content (AvgIpc) is 2.79. The van der Waals surface area contributed by atoms with Gasteiger partial charge in [-0.2, -0.15) is 4.80 Å². The van der Waals surface area contributed by atoms with Gasteiger partial charge in [-0.05, 0) is 19.1 Å². The number of hydrogen-bond acceptors (Lipinski definition) is 6. The van der Waals surface area contributed by atoms with Gasteiger partial charge in [-0.15, -0.1) is 10.2 Å². The minimum Gasteiger partial charge on any atom is -0.388 e. The summed E-state index contributed by atoms with van der Waals surface area (Å²) in [6.45, 7) is 4.18. The standard InChI is InChI=1S/C8H14N4O3/c1-3-12-10-8(9-11-12)7-6(14)5(13)4(2)15-7/h4-7,13-14H,3H2,1-2H3/t4-,5?,6?,7-/m0/s1. The van der Waals surface area contributed by atoms with E-state index in [0.29, 0.717) is 12.4 Å². The van der Waals surface area contributed by atoms with Crippen molar-refractivity contribution in [2.45, 2.75) is 44.8 Å². The molecule has 1 fully saturated rings. The van der Waals surface area contributed by atoms with Crippen molar-refractivity contribution in [3.05, 3.63) is 5.82 Å². The number of aromatic nitrogens is 4. The van der Waals surface area contributed by atoms with Gasteiger partial charge >= 0.3 is 0 Å². The van der Waals surface area contributed by atoms with Crippen LogP contribution >= 0.6 is 0 Å². The number of hydrogen-bond donors (Lipinski definition) is 2. The van der Waals surface area contributed by atoms with Crippen LogP contribution in [-0.2, 0) is 11.3 Å². The monoisotopic (exact) mass is 214 g/mol. The summed E-state index contributed by atoms with van der Waals surface area (Å²) in [5, 5.41) is 30.7. The number of aliphatic hydroxyl groups excluding tert-OH is 2. The van der Waals surface area contributed by atoms with E-state index in [-0.39, 0.29) is 0 Å². The van der Waals surface area contributed by atoms with Gasteiger partial charge < -0.3 is 14.9 Å². The Bertz CT molecular complexity index is 342. The molecule has 2 N–H and O–H groups in total. The zero-order valence-electron chi connectivity index (χ0n) is 8.61. The fraction of sp³-hybridized carbons (Fsp3) is 0.875. The molecular formula is C8H14N4O3. The maximum absolute atomic E-state index is 9.67. The third kappa shape index (κ3) is 1.73. The topological polar surface area (TPSA) is 93.3 Å². The third-order valence-corrected chi connectivity index (χ3v) is 2.51. The maximum atomic E-state index is 9.67. The van der Waals surface area contributed by atoms with Crippen LogP contribution in [0.25, 0.3) is 0 Å². The fourth-order valence-electron chi connectivity index (χ4n) is 1.57. The van der Waals surface area contributed by atoms with Gasteiger partial charge in [0.1, 0.15) is 18.3 Å². The molecule has 0 aromatic carbocycles. The molecule has 0 saturated carbocycles.